The molecule has 1 heterocycles. The van der Waals surface area contributed by atoms with Gasteiger partial charge in [-0.15, -0.1) is 0 Å². The van der Waals surface area contributed by atoms with Crippen LogP contribution in [-0.4, -0.2) is 49.9 Å². The van der Waals surface area contributed by atoms with Crippen LogP contribution in [0.2, 0.25) is 0 Å². The molecular formula is C22H28N4O2. The number of amides is 2. The standard InChI is InChI=1S/C22H28N4O2/c1-22(2)21(28)23-18-8-6-7-9-19(18)26(22)20(27)15-25(5)14-16-10-12-17(13-11-16)24(3)4/h6-13H,14-15H2,1-5H3,(H,23,28). The Kier molecular flexibility index (Phi) is 5.42. The average molecular weight is 380 g/mol. The van der Waals surface area contributed by atoms with E-state index in [-0.39, 0.29) is 18.4 Å². The second-order valence-corrected chi connectivity index (χ2v) is 7.99. The quantitative estimate of drug-likeness (QED) is 0.867. The van der Waals surface area contributed by atoms with E-state index < -0.39 is 5.54 Å². The number of likely N-dealkylation sites (N-methyl/N-ethyl adjacent to an activating group) is 1. The number of rotatable bonds is 5. The number of nitrogens with zero attached hydrogens (tertiary/aromatic N) is 3. The number of carbonyl (C=O) groups is 2. The first kappa shape index (κ1) is 19.9. The molecular weight excluding hydrogens is 352 g/mol. The molecule has 1 aliphatic rings. The molecule has 0 aromatic heterocycles. The lowest BCUT2D eigenvalue weighted by Crippen LogP contribution is -2.60. The molecule has 3 rings (SSSR count). The lowest BCUT2D eigenvalue weighted by atomic mass is 9.96. The minimum atomic E-state index is -0.945. The van der Waals surface area contributed by atoms with E-state index in [0.29, 0.717) is 12.2 Å². The summed E-state index contributed by atoms with van der Waals surface area (Å²) in [6.07, 6.45) is 0. The van der Waals surface area contributed by atoms with Gasteiger partial charge in [-0.2, -0.15) is 0 Å². The number of fused-ring (bicyclic) bond motifs is 1. The molecule has 0 unspecified atom stereocenters. The minimum Gasteiger partial charge on any atom is -0.378 e. The predicted octanol–water partition coefficient (Wildman–Crippen LogP) is 2.95. The number of benzene rings is 2. The van der Waals surface area contributed by atoms with E-state index >= 15 is 0 Å². The lowest BCUT2D eigenvalue weighted by Gasteiger charge is -2.42. The first-order chi connectivity index (χ1) is 13.2. The molecule has 0 radical (unpaired) electrons. The molecule has 0 bridgehead atoms. The maximum Gasteiger partial charge on any atom is 0.250 e. The van der Waals surface area contributed by atoms with Crippen molar-refractivity contribution in [3.05, 3.63) is 54.1 Å². The highest BCUT2D eigenvalue weighted by molar-refractivity contribution is 6.14. The molecule has 2 amide bonds. The van der Waals surface area contributed by atoms with Crippen LogP contribution in [0.5, 0.6) is 0 Å². The zero-order valence-corrected chi connectivity index (χ0v) is 17.2. The Balaban J connectivity index is 1.75. The van der Waals surface area contributed by atoms with Gasteiger partial charge in [0.15, 0.2) is 0 Å². The predicted molar refractivity (Wildman–Crippen MR) is 114 cm³/mol. The molecule has 6 heteroatoms. The van der Waals surface area contributed by atoms with Crippen molar-refractivity contribution in [1.29, 1.82) is 0 Å². The first-order valence-corrected chi connectivity index (χ1v) is 9.38. The number of para-hydroxylation sites is 2. The normalized spacial score (nSPS) is 15.2. The first-order valence-electron chi connectivity index (χ1n) is 9.38. The summed E-state index contributed by atoms with van der Waals surface area (Å²) in [5, 5.41) is 2.89. The lowest BCUT2D eigenvalue weighted by molar-refractivity contribution is -0.127. The Hall–Kier alpha value is -2.86. The van der Waals surface area contributed by atoms with Crippen molar-refractivity contribution < 1.29 is 9.59 Å². The SMILES string of the molecule is CN(CC(=O)N1c2ccccc2NC(=O)C1(C)C)Cc1ccc(N(C)C)cc1. The summed E-state index contributed by atoms with van der Waals surface area (Å²) in [4.78, 5) is 31.3. The molecule has 0 atom stereocenters. The molecule has 2 aromatic carbocycles. The van der Waals surface area contributed by atoms with Gasteiger partial charge in [0.1, 0.15) is 5.54 Å². The minimum absolute atomic E-state index is 0.0975. The van der Waals surface area contributed by atoms with Gasteiger partial charge < -0.3 is 10.2 Å². The van der Waals surface area contributed by atoms with Gasteiger partial charge in [-0.1, -0.05) is 24.3 Å². The van der Waals surface area contributed by atoms with Crippen LogP contribution in [0.4, 0.5) is 17.1 Å². The van der Waals surface area contributed by atoms with Gasteiger partial charge in [-0.05, 0) is 50.7 Å². The van der Waals surface area contributed by atoms with Crippen molar-refractivity contribution in [1.82, 2.24) is 4.90 Å². The number of carbonyl (C=O) groups excluding carboxylic acids is 2. The van der Waals surface area contributed by atoms with E-state index in [2.05, 4.69) is 34.5 Å². The molecule has 0 fully saturated rings. The van der Waals surface area contributed by atoms with Gasteiger partial charge in [-0.25, -0.2) is 0 Å². The highest BCUT2D eigenvalue weighted by Gasteiger charge is 2.43. The van der Waals surface area contributed by atoms with Crippen LogP contribution in [-0.2, 0) is 16.1 Å². The Morgan fingerprint density at radius 3 is 2.32 bits per heavy atom. The van der Waals surface area contributed by atoms with Crippen LogP contribution < -0.4 is 15.1 Å². The summed E-state index contributed by atoms with van der Waals surface area (Å²) in [7, 11) is 5.93. The third-order valence-corrected chi connectivity index (χ3v) is 5.07. The van der Waals surface area contributed by atoms with Gasteiger partial charge in [0.05, 0.1) is 17.9 Å². The van der Waals surface area contributed by atoms with Crippen LogP contribution in [0.1, 0.15) is 19.4 Å². The van der Waals surface area contributed by atoms with Crippen molar-refractivity contribution >= 4 is 28.9 Å². The third-order valence-electron chi connectivity index (χ3n) is 5.07. The Labute approximate surface area is 166 Å². The molecule has 0 aliphatic carbocycles. The van der Waals surface area contributed by atoms with Crippen molar-refractivity contribution in [2.24, 2.45) is 0 Å². The fourth-order valence-corrected chi connectivity index (χ4v) is 3.47. The van der Waals surface area contributed by atoms with Crippen LogP contribution in [0.15, 0.2) is 48.5 Å². The molecule has 0 saturated heterocycles. The molecule has 0 spiro atoms. The van der Waals surface area contributed by atoms with Gasteiger partial charge in [0.25, 0.3) is 0 Å². The van der Waals surface area contributed by atoms with Crippen molar-refractivity contribution in [2.75, 3.05) is 42.8 Å². The van der Waals surface area contributed by atoms with E-state index in [0.717, 1.165) is 16.9 Å². The topological polar surface area (TPSA) is 55.9 Å². The smallest absolute Gasteiger partial charge is 0.250 e. The highest BCUT2D eigenvalue weighted by atomic mass is 16.2. The van der Waals surface area contributed by atoms with Crippen LogP contribution in [0, 0.1) is 0 Å². The molecule has 1 aliphatic heterocycles. The highest BCUT2D eigenvalue weighted by Crippen LogP contribution is 2.36. The van der Waals surface area contributed by atoms with E-state index in [1.54, 1.807) is 18.7 Å². The summed E-state index contributed by atoms with van der Waals surface area (Å²) in [6.45, 7) is 4.42. The van der Waals surface area contributed by atoms with Crippen molar-refractivity contribution in [3.8, 4) is 0 Å². The summed E-state index contributed by atoms with van der Waals surface area (Å²) in [5.41, 5.74) is 2.74. The average Bonchev–Trinajstić information content (AvgIpc) is 2.62. The maximum atomic E-state index is 13.2. The zero-order valence-electron chi connectivity index (χ0n) is 17.2. The van der Waals surface area contributed by atoms with Crippen LogP contribution in [0.3, 0.4) is 0 Å². The van der Waals surface area contributed by atoms with Gasteiger partial charge in [0, 0.05) is 26.3 Å². The monoisotopic (exact) mass is 380 g/mol. The molecule has 6 nitrogen and oxygen atoms in total. The van der Waals surface area contributed by atoms with Crippen molar-refractivity contribution in [2.45, 2.75) is 25.9 Å². The number of anilines is 3. The van der Waals surface area contributed by atoms with Gasteiger partial charge >= 0.3 is 0 Å². The number of hydrogen-bond acceptors (Lipinski definition) is 4. The maximum absolute atomic E-state index is 13.2. The molecule has 148 valence electrons. The van der Waals surface area contributed by atoms with Gasteiger partial charge in [-0.3, -0.25) is 19.4 Å². The van der Waals surface area contributed by atoms with Crippen LogP contribution in [0.25, 0.3) is 0 Å². The van der Waals surface area contributed by atoms with E-state index in [1.807, 2.05) is 50.3 Å². The molecule has 28 heavy (non-hydrogen) atoms. The van der Waals surface area contributed by atoms with E-state index in [1.165, 1.54) is 0 Å². The largest absolute Gasteiger partial charge is 0.378 e. The number of hydrogen-bond donors (Lipinski definition) is 1. The molecule has 1 N–H and O–H groups in total. The van der Waals surface area contributed by atoms with Crippen molar-refractivity contribution in [3.63, 3.8) is 0 Å². The molecule has 2 aromatic rings. The summed E-state index contributed by atoms with van der Waals surface area (Å²) in [6, 6.07) is 15.7. The third kappa shape index (κ3) is 3.87. The van der Waals surface area contributed by atoms with Crippen LogP contribution >= 0.6 is 0 Å². The Morgan fingerprint density at radius 1 is 1.04 bits per heavy atom. The zero-order chi connectivity index (χ0) is 20.5. The van der Waals surface area contributed by atoms with E-state index in [9.17, 15) is 9.59 Å². The Morgan fingerprint density at radius 2 is 1.68 bits per heavy atom. The summed E-state index contributed by atoms with van der Waals surface area (Å²) in [5.74, 6) is -0.277. The fraction of sp³-hybridized carbons (Fsp3) is 0.364. The summed E-state index contributed by atoms with van der Waals surface area (Å²) >= 11 is 0. The second kappa shape index (κ2) is 7.64. The van der Waals surface area contributed by atoms with Gasteiger partial charge in [0.2, 0.25) is 11.8 Å². The Bertz CT molecular complexity index is 874. The number of nitrogens with one attached hydrogen (secondary N) is 1. The van der Waals surface area contributed by atoms with E-state index in [4.69, 9.17) is 0 Å². The molecule has 0 saturated carbocycles. The fourth-order valence-electron chi connectivity index (χ4n) is 3.47. The second-order valence-electron chi connectivity index (χ2n) is 7.99. The summed E-state index contributed by atoms with van der Waals surface area (Å²) < 4.78 is 0.